The Morgan fingerprint density at radius 3 is 2.12 bits per heavy atom. The second kappa shape index (κ2) is 6.01. The fourth-order valence-corrected chi connectivity index (χ4v) is 0.691. The van der Waals surface area contributed by atoms with Gasteiger partial charge in [-0.1, -0.05) is 6.08 Å². The molecule has 0 saturated heterocycles. The largest absolute Gasteiger partial charge is 0.459 e. The Balaban J connectivity index is 4.00. The number of hydrogen-bond acceptors (Lipinski definition) is 4. The van der Waals surface area contributed by atoms with Crippen molar-refractivity contribution in [2.24, 2.45) is 0 Å². The van der Waals surface area contributed by atoms with E-state index in [4.69, 9.17) is 14.5 Å². The molecule has 0 aliphatic heterocycles. The summed E-state index contributed by atoms with van der Waals surface area (Å²) in [7, 11) is 0. The zero-order valence-corrected chi connectivity index (χ0v) is 11.0. The third kappa shape index (κ3) is 8.44. The van der Waals surface area contributed by atoms with Crippen LogP contribution in [0, 0.1) is 0 Å². The first-order valence-corrected chi connectivity index (χ1v) is 5.32. The molecular formula is C12H22O4. The van der Waals surface area contributed by atoms with Crippen molar-refractivity contribution in [2.45, 2.75) is 52.7 Å². The monoisotopic (exact) mass is 230 g/mol. The standard InChI is InChI=1S/C12H22O4/c1-7-8-10(13)14-9-12(5,6)16-15-11(2,3)4/h7-8H,9H2,1-6H3. The Hall–Kier alpha value is -0.870. The fourth-order valence-electron chi connectivity index (χ4n) is 0.691. The second-order valence-corrected chi connectivity index (χ2v) is 5.15. The lowest BCUT2D eigenvalue weighted by molar-refractivity contribution is -0.400. The molecule has 4 heteroatoms. The number of rotatable bonds is 5. The van der Waals surface area contributed by atoms with Crippen LogP contribution in [0.5, 0.6) is 0 Å². The number of hydrogen-bond donors (Lipinski definition) is 0. The highest BCUT2D eigenvalue weighted by Crippen LogP contribution is 2.16. The highest BCUT2D eigenvalue weighted by atomic mass is 17.2. The lowest BCUT2D eigenvalue weighted by Crippen LogP contribution is -2.35. The van der Waals surface area contributed by atoms with Crippen molar-refractivity contribution in [3.05, 3.63) is 12.2 Å². The highest BCUT2D eigenvalue weighted by Gasteiger charge is 2.25. The van der Waals surface area contributed by atoms with Crippen LogP contribution in [-0.4, -0.2) is 23.8 Å². The van der Waals surface area contributed by atoms with Gasteiger partial charge in [0.25, 0.3) is 0 Å². The van der Waals surface area contributed by atoms with Gasteiger partial charge in [0.05, 0.1) is 5.60 Å². The van der Waals surface area contributed by atoms with Gasteiger partial charge in [0.15, 0.2) is 0 Å². The molecule has 0 aliphatic carbocycles. The minimum atomic E-state index is -0.662. The lowest BCUT2D eigenvalue weighted by atomic mass is 10.1. The Labute approximate surface area is 97.5 Å². The van der Waals surface area contributed by atoms with Crippen LogP contribution >= 0.6 is 0 Å². The molecule has 0 amide bonds. The SMILES string of the molecule is CC=CC(=O)OCC(C)(C)OOC(C)(C)C. The number of carbonyl (C=O) groups is 1. The van der Waals surface area contributed by atoms with Crippen LogP contribution in [-0.2, 0) is 19.3 Å². The molecule has 0 N–H and O–H groups in total. The van der Waals surface area contributed by atoms with Gasteiger partial charge in [-0.25, -0.2) is 14.6 Å². The summed E-state index contributed by atoms with van der Waals surface area (Å²) in [5.74, 6) is -0.380. The van der Waals surface area contributed by atoms with Gasteiger partial charge in [0.2, 0.25) is 0 Å². The Kier molecular flexibility index (Phi) is 5.68. The number of esters is 1. The van der Waals surface area contributed by atoms with E-state index in [-0.39, 0.29) is 18.2 Å². The zero-order chi connectivity index (χ0) is 12.8. The van der Waals surface area contributed by atoms with Gasteiger partial charge in [0.1, 0.15) is 12.2 Å². The summed E-state index contributed by atoms with van der Waals surface area (Å²) < 4.78 is 4.98. The van der Waals surface area contributed by atoms with Crippen molar-refractivity contribution in [3.63, 3.8) is 0 Å². The maximum atomic E-state index is 11.1. The third-order valence-corrected chi connectivity index (χ3v) is 1.38. The Bertz CT molecular complexity index is 248. The van der Waals surface area contributed by atoms with Crippen LogP contribution in [0.2, 0.25) is 0 Å². The summed E-state index contributed by atoms with van der Waals surface area (Å²) in [5.41, 5.74) is -1.05. The van der Waals surface area contributed by atoms with Crippen molar-refractivity contribution in [1.82, 2.24) is 0 Å². The third-order valence-electron chi connectivity index (χ3n) is 1.38. The topological polar surface area (TPSA) is 44.8 Å². The van der Waals surface area contributed by atoms with Crippen molar-refractivity contribution in [2.75, 3.05) is 6.61 Å². The first-order chi connectivity index (χ1) is 7.16. The van der Waals surface area contributed by atoms with E-state index in [1.54, 1.807) is 26.8 Å². The molecule has 0 heterocycles. The molecule has 0 rings (SSSR count). The number of carbonyl (C=O) groups excluding carboxylic acids is 1. The van der Waals surface area contributed by atoms with Crippen molar-refractivity contribution < 1.29 is 19.3 Å². The maximum Gasteiger partial charge on any atom is 0.330 e. The van der Waals surface area contributed by atoms with Crippen molar-refractivity contribution in [3.8, 4) is 0 Å². The normalized spacial score (nSPS) is 13.1. The van der Waals surface area contributed by atoms with Gasteiger partial charge in [-0.15, -0.1) is 0 Å². The lowest BCUT2D eigenvalue weighted by Gasteiger charge is -2.27. The molecule has 4 nitrogen and oxygen atoms in total. The molecule has 0 fully saturated rings. The molecule has 94 valence electrons. The second-order valence-electron chi connectivity index (χ2n) is 5.15. The van der Waals surface area contributed by atoms with Crippen LogP contribution < -0.4 is 0 Å². The summed E-state index contributed by atoms with van der Waals surface area (Å²) in [4.78, 5) is 21.5. The number of allylic oxidation sites excluding steroid dienone is 1. The van der Waals surface area contributed by atoms with E-state index in [1.165, 1.54) is 6.08 Å². The molecule has 16 heavy (non-hydrogen) atoms. The summed E-state index contributed by atoms with van der Waals surface area (Å²) in [6.07, 6.45) is 2.99. The molecule has 0 atom stereocenters. The van der Waals surface area contributed by atoms with E-state index in [0.29, 0.717) is 0 Å². The molecule has 0 aromatic heterocycles. The summed E-state index contributed by atoms with van der Waals surface area (Å²) in [6.45, 7) is 11.1. The minimum absolute atomic E-state index is 0.145. The molecule has 0 aliphatic rings. The molecule has 0 radical (unpaired) electrons. The molecule has 0 aromatic rings. The zero-order valence-electron chi connectivity index (χ0n) is 11.0. The van der Waals surface area contributed by atoms with E-state index in [1.807, 2.05) is 20.8 Å². The average molecular weight is 230 g/mol. The van der Waals surface area contributed by atoms with E-state index in [2.05, 4.69) is 0 Å². The molecule has 0 bridgehead atoms. The molecule has 0 spiro atoms. The Morgan fingerprint density at radius 2 is 1.69 bits per heavy atom. The van der Waals surface area contributed by atoms with Gasteiger partial charge in [-0.2, -0.15) is 0 Å². The summed E-state index contributed by atoms with van der Waals surface area (Å²) in [5, 5.41) is 0. The minimum Gasteiger partial charge on any atom is -0.459 e. The van der Waals surface area contributed by atoms with Gasteiger partial charge in [0, 0.05) is 6.08 Å². The van der Waals surface area contributed by atoms with Gasteiger partial charge in [-0.3, -0.25) is 0 Å². The smallest absolute Gasteiger partial charge is 0.330 e. The van der Waals surface area contributed by atoms with E-state index in [9.17, 15) is 4.79 Å². The van der Waals surface area contributed by atoms with Crippen LogP contribution in [0.15, 0.2) is 12.2 Å². The average Bonchev–Trinajstić information content (AvgIpc) is 2.12. The first-order valence-electron chi connectivity index (χ1n) is 5.32. The van der Waals surface area contributed by atoms with Crippen molar-refractivity contribution >= 4 is 5.97 Å². The van der Waals surface area contributed by atoms with E-state index < -0.39 is 5.60 Å². The fraction of sp³-hybridized carbons (Fsp3) is 0.750. The van der Waals surface area contributed by atoms with Crippen LogP contribution in [0.3, 0.4) is 0 Å². The summed E-state index contributed by atoms with van der Waals surface area (Å²) >= 11 is 0. The molecular weight excluding hydrogens is 208 g/mol. The van der Waals surface area contributed by atoms with Crippen LogP contribution in [0.1, 0.15) is 41.5 Å². The quantitative estimate of drug-likeness (QED) is 0.315. The van der Waals surface area contributed by atoms with Crippen LogP contribution in [0.25, 0.3) is 0 Å². The summed E-state index contributed by atoms with van der Waals surface area (Å²) in [6, 6.07) is 0. The highest BCUT2D eigenvalue weighted by molar-refractivity contribution is 5.81. The maximum absolute atomic E-state index is 11.1. The predicted molar refractivity (Wildman–Crippen MR) is 61.8 cm³/mol. The Morgan fingerprint density at radius 1 is 1.12 bits per heavy atom. The van der Waals surface area contributed by atoms with E-state index >= 15 is 0 Å². The molecule has 0 aromatic carbocycles. The van der Waals surface area contributed by atoms with Gasteiger partial charge in [-0.05, 0) is 41.5 Å². The van der Waals surface area contributed by atoms with Gasteiger partial charge < -0.3 is 4.74 Å². The van der Waals surface area contributed by atoms with Crippen LogP contribution in [0.4, 0.5) is 0 Å². The number of ether oxygens (including phenoxy) is 1. The predicted octanol–water partition coefficient (Wildman–Crippen LogP) is 2.63. The van der Waals surface area contributed by atoms with Gasteiger partial charge >= 0.3 is 5.97 Å². The first kappa shape index (κ1) is 15.1. The van der Waals surface area contributed by atoms with Crippen molar-refractivity contribution in [1.29, 1.82) is 0 Å². The molecule has 0 saturated carbocycles. The van der Waals surface area contributed by atoms with E-state index in [0.717, 1.165) is 0 Å². The molecule has 0 unspecified atom stereocenters.